The Morgan fingerprint density at radius 3 is 2.35 bits per heavy atom. The fourth-order valence-corrected chi connectivity index (χ4v) is 4.27. The minimum Gasteiger partial charge on any atom is -0.454 e. The smallest absolute Gasteiger partial charge is 0.262 e. The third-order valence-corrected chi connectivity index (χ3v) is 5.72. The molecular weight excluding hydrogens is 392 g/mol. The van der Waals surface area contributed by atoms with Crippen LogP contribution in [-0.4, -0.2) is 28.5 Å². The summed E-state index contributed by atoms with van der Waals surface area (Å²) in [4.78, 5) is 32.1. The van der Waals surface area contributed by atoms with Crippen LogP contribution in [0, 0.1) is 0 Å². The van der Waals surface area contributed by atoms with Crippen molar-refractivity contribution in [2.45, 2.75) is 6.54 Å². The molecule has 6 rings (SSSR count). The molecule has 0 saturated heterocycles. The first-order valence-corrected chi connectivity index (χ1v) is 9.91. The van der Waals surface area contributed by atoms with E-state index < -0.39 is 0 Å². The molecule has 0 saturated carbocycles. The molecule has 1 aromatic heterocycles. The third kappa shape index (κ3) is 2.69. The monoisotopic (exact) mass is 408 g/mol. The highest BCUT2D eigenvalue weighted by molar-refractivity contribution is 6.27. The predicted octanol–water partition coefficient (Wildman–Crippen LogP) is 4.43. The Labute approximate surface area is 177 Å². The molecule has 6 nitrogen and oxygen atoms in total. The van der Waals surface area contributed by atoms with E-state index in [0.29, 0.717) is 22.6 Å². The standard InChI is InChI=1S/C25H16N2O4/c28-24-19-10-17-11-20-21(31-14-30-20)12-18(17)22(16-4-2-1-3-5-16)23(19)25(29)27(24)13-15-6-8-26-9-7-15/h1-12H,13-14H2. The van der Waals surface area contributed by atoms with Gasteiger partial charge in [-0.15, -0.1) is 0 Å². The summed E-state index contributed by atoms with van der Waals surface area (Å²) in [6.45, 7) is 0.353. The van der Waals surface area contributed by atoms with Crippen molar-refractivity contribution in [1.29, 1.82) is 0 Å². The van der Waals surface area contributed by atoms with E-state index in [4.69, 9.17) is 9.47 Å². The lowest BCUT2D eigenvalue weighted by atomic mass is 9.90. The van der Waals surface area contributed by atoms with Gasteiger partial charge in [-0.2, -0.15) is 0 Å². The van der Waals surface area contributed by atoms with Crippen molar-refractivity contribution in [3.63, 3.8) is 0 Å². The number of hydrogen-bond donors (Lipinski definition) is 0. The van der Waals surface area contributed by atoms with Gasteiger partial charge in [-0.25, -0.2) is 0 Å². The van der Waals surface area contributed by atoms with Crippen LogP contribution < -0.4 is 9.47 Å². The fourth-order valence-electron chi connectivity index (χ4n) is 4.27. The molecular formula is C25H16N2O4. The first-order valence-electron chi connectivity index (χ1n) is 9.91. The highest BCUT2D eigenvalue weighted by Gasteiger charge is 2.39. The van der Waals surface area contributed by atoms with Crippen molar-refractivity contribution in [1.82, 2.24) is 9.88 Å². The Morgan fingerprint density at radius 1 is 0.839 bits per heavy atom. The summed E-state index contributed by atoms with van der Waals surface area (Å²) in [6.07, 6.45) is 3.30. The maximum atomic E-state index is 13.5. The first kappa shape index (κ1) is 17.7. The van der Waals surface area contributed by atoms with Crippen LogP contribution in [0.25, 0.3) is 21.9 Å². The molecule has 0 bridgehead atoms. The van der Waals surface area contributed by atoms with Crippen molar-refractivity contribution < 1.29 is 19.1 Å². The molecule has 150 valence electrons. The van der Waals surface area contributed by atoms with Gasteiger partial charge in [0.2, 0.25) is 6.79 Å². The van der Waals surface area contributed by atoms with Gasteiger partial charge in [0.25, 0.3) is 11.8 Å². The number of rotatable bonds is 3. The molecule has 0 N–H and O–H groups in total. The van der Waals surface area contributed by atoms with Gasteiger partial charge in [0.15, 0.2) is 11.5 Å². The number of benzene rings is 3. The van der Waals surface area contributed by atoms with Gasteiger partial charge in [0, 0.05) is 18.0 Å². The summed E-state index contributed by atoms with van der Waals surface area (Å²) in [5.41, 5.74) is 3.29. The number of aromatic nitrogens is 1. The number of carbonyl (C=O) groups excluding carboxylic acids is 2. The van der Waals surface area contributed by atoms with E-state index in [-0.39, 0.29) is 25.2 Å². The largest absolute Gasteiger partial charge is 0.454 e. The zero-order chi connectivity index (χ0) is 20.9. The number of hydrogen-bond acceptors (Lipinski definition) is 5. The average molecular weight is 408 g/mol. The van der Waals surface area contributed by atoms with Gasteiger partial charge in [-0.1, -0.05) is 30.3 Å². The second kappa shape index (κ2) is 6.67. The van der Waals surface area contributed by atoms with E-state index in [1.807, 2.05) is 42.5 Å². The summed E-state index contributed by atoms with van der Waals surface area (Å²) in [6, 6.07) is 18.8. The molecule has 6 heteroatoms. The Hall–Kier alpha value is -4.19. The lowest BCUT2D eigenvalue weighted by molar-refractivity contribution is 0.0642. The summed E-state index contributed by atoms with van der Waals surface area (Å²) in [5.74, 6) is 0.677. The van der Waals surface area contributed by atoms with Crippen molar-refractivity contribution in [3.05, 3.63) is 89.7 Å². The van der Waals surface area contributed by atoms with Crippen LogP contribution in [-0.2, 0) is 6.54 Å². The van der Waals surface area contributed by atoms with E-state index in [1.54, 1.807) is 30.6 Å². The molecule has 0 atom stereocenters. The second-order valence-electron chi connectivity index (χ2n) is 7.52. The Morgan fingerprint density at radius 2 is 1.58 bits per heavy atom. The van der Waals surface area contributed by atoms with E-state index >= 15 is 0 Å². The lowest BCUT2D eigenvalue weighted by Gasteiger charge is -2.14. The van der Waals surface area contributed by atoms with Gasteiger partial charge < -0.3 is 9.47 Å². The van der Waals surface area contributed by atoms with E-state index in [9.17, 15) is 9.59 Å². The molecule has 0 unspecified atom stereocenters. The van der Waals surface area contributed by atoms with Gasteiger partial charge in [-0.05, 0) is 52.2 Å². The van der Waals surface area contributed by atoms with Gasteiger partial charge in [0.1, 0.15) is 0 Å². The zero-order valence-electron chi connectivity index (χ0n) is 16.4. The van der Waals surface area contributed by atoms with Crippen LogP contribution in [0.1, 0.15) is 26.3 Å². The van der Waals surface area contributed by atoms with Crippen molar-refractivity contribution >= 4 is 22.6 Å². The molecule has 0 aliphatic carbocycles. The van der Waals surface area contributed by atoms with Crippen molar-refractivity contribution in [3.8, 4) is 22.6 Å². The minimum absolute atomic E-state index is 0.156. The lowest BCUT2D eigenvalue weighted by Crippen LogP contribution is -2.29. The second-order valence-corrected chi connectivity index (χ2v) is 7.52. The van der Waals surface area contributed by atoms with E-state index in [2.05, 4.69) is 4.98 Å². The average Bonchev–Trinajstić information content (AvgIpc) is 3.35. The van der Waals surface area contributed by atoms with Crippen LogP contribution in [0.2, 0.25) is 0 Å². The molecule has 2 amide bonds. The van der Waals surface area contributed by atoms with Gasteiger partial charge >= 0.3 is 0 Å². The van der Waals surface area contributed by atoms with Crippen molar-refractivity contribution in [2.75, 3.05) is 6.79 Å². The topological polar surface area (TPSA) is 68.7 Å². The molecule has 0 spiro atoms. The maximum absolute atomic E-state index is 13.5. The Kier molecular flexibility index (Phi) is 3.80. The Balaban J connectivity index is 1.59. The molecule has 2 aliphatic rings. The minimum atomic E-state index is -0.298. The number of amides is 2. The molecule has 3 heterocycles. The summed E-state index contributed by atoms with van der Waals surface area (Å²) < 4.78 is 11.1. The van der Waals surface area contributed by atoms with Crippen LogP contribution in [0.3, 0.4) is 0 Å². The summed E-state index contributed by atoms with van der Waals surface area (Å²) >= 11 is 0. The van der Waals surface area contributed by atoms with Crippen LogP contribution in [0.4, 0.5) is 0 Å². The van der Waals surface area contributed by atoms with E-state index in [0.717, 1.165) is 27.5 Å². The molecule has 0 fully saturated rings. The molecule has 31 heavy (non-hydrogen) atoms. The number of pyridine rings is 1. The number of imide groups is 1. The summed E-state index contributed by atoms with van der Waals surface area (Å²) in [5, 5.41) is 1.68. The maximum Gasteiger partial charge on any atom is 0.262 e. The van der Waals surface area contributed by atoms with Gasteiger partial charge in [-0.3, -0.25) is 19.5 Å². The van der Waals surface area contributed by atoms with Crippen LogP contribution >= 0.6 is 0 Å². The predicted molar refractivity (Wildman–Crippen MR) is 114 cm³/mol. The quantitative estimate of drug-likeness (QED) is 0.469. The highest BCUT2D eigenvalue weighted by atomic mass is 16.7. The fraction of sp³-hybridized carbons (Fsp3) is 0.0800. The van der Waals surface area contributed by atoms with Gasteiger partial charge in [0.05, 0.1) is 17.7 Å². The molecule has 2 aliphatic heterocycles. The number of nitrogens with zero attached hydrogens (tertiary/aromatic N) is 2. The first-order chi connectivity index (χ1) is 15.2. The molecule has 0 radical (unpaired) electrons. The number of carbonyl (C=O) groups is 2. The Bertz CT molecular complexity index is 1370. The summed E-state index contributed by atoms with van der Waals surface area (Å²) in [7, 11) is 0. The number of ether oxygens (including phenoxy) is 2. The third-order valence-electron chi connectivity index (χ3n) is 5.72. The van der Waals surface area contributed by atoms with Crippen molar-refractivity contribution in [2.24, 2.45) is 0 Å². The highest BCUT2D eigenvalue weighted by Crippen LogP contribution is 2.44. The number of fused-ring (bicyclic) bond motifs is 3. The van der Waals surface area contributed by atoms with Crippen LogP contribution in [0.5, 0.6) is 11.5 Å². The molecule has 4 aromatic rings. The zero-order valence-corrected chi connectivity index (χ0v) is 16.4. The molecule has 3 aromatic carbocycles. The normalized spacial score (nSPS) is 14.4. The van der Waals surface area contributed by atoms with Crippen LogP contribution in [0.15, 0.2) is 73.1 Å². The van der Waals surface area contributed by atoms with E-state index in [1.165, 1.54) is 4.90 Å². The SMILES string of the molecule is O=C1c2cc3cc4c(cc3c(-c3ccccc3)c2C(=O)N1Cc1ccncc1)OCO4.